The van der Waals surface area contributed by atoms with E-state index in [0.29, 0.717) is 17.2 Å². The summed E-state index contributed by atoms with van der Waals surface area (Å²) >= 11 is 1.38. The van der Waals surface area contributed by atoms with Gasteiger partial charge in [-0.25, -0.2) is 9.97 Å². The lowest BCUT2D eigenvalue weighted by atomic mass is 10.1. The number of alkyl halides is 3. The van der Waals surface area contributed by atoms with Gasteiger partial charge in [0.2, 0.25) is 0 Å². The molecule has 132 valence electrons. The van der Waals surface area contributed by atoms with Gasteiger partial charge in [0.1, 0.15) is 22.9 Å². The molecule has 2 heterocycles. The van der Waals surface area contributed by atoms with Gasteiger partial charge < -0.3 is 5.32 Å². The van der Waals surface area contributed by atoms with Gasteiger partial charge in [0, 0.05) is 11.4 Å². The van der Waals surface area contributed by atoms with E-state index in [0.717, 1.165) is 23.1 Å². The number of aryl methyl sites for hydroxylation is 2. The number of benzene rings is 1. The number of hydrogen-bond acceptors (Lipinski definition) is 4. The van der Waals surface area contributed by atoms with Gasteiger partial charge in [-0.05, 0) is 31.4 Å². The smallest absolute Gasteiger partial charge is 0.369 e. The summed E-state index contributed by atoms with van der Waals surface area (Å²) in [6.45, 7) is 2.55. The number of fused-ring (bicyclic) bond motifs is 1. The molecule has 0 amide bonds. The van der Waals surface area contributed by atoms with Crippen LogP contribution < -0.4 is 5.32 Å². The number of hydrogen-bond donors (Lipinski definition) is 1. The Hall–Kier alpha value is -2.15. The number of halogens is 3. The predicted octanol–water partition coefficient (Wildman–Crippen LogP) is 5.15. The number of nitrogens with zero attached hydrogens (tertiary/aromatic N) is 2. The maximum Gasteiger partial charge on any atom is 0.396 e. The number of rotatable bonds is 6. The molecule has 0 aliphatic heterocycles. The molecule has 0 fully saturated rings. The van der Waals surface area contributed by atoms with Crippen LogP contribution in [-0.4, -0.2) is 22.7 Å². The highest BCUT2D eigenvalue weighted by Crippen LogP contribution is 2.30. The molecular weight excluding hydrogens is 347 g/mol. The van der Waals surface area contributed by atoms with Crippen LogP contribution in [0.5, 0.6) is 0 Å². The van der Waals surface area contributed by atoms with Crippen molar-refractivity contribution in [2.45, 2.75) is 32.4 Å². The molecule has 3 nitrogen and oxygen atoms in total. The van der Waals surface area contributed by atoms with Gasteiger partial charge in [-0.3, -0.25) is 0 Å². The minimum Gasteiger partial charge on any atom is -0.369 e. The number of nitrogens with one attached hydrogen (secondary N) is 1. The normalized spacial score (nSPS) is 11.8. The van der Waals surface area contributed by atoms with Gasteiger partial charge in [0.05, 0.1) is 5.39 Å². The Bertz CT molecular complexity index is 844. The molecule has 0 spiro atoms. The van der Waals surface area contributed by atoms with E-state index in [1.807, 2.05) is 31.2 Å². The maximum atomic E-state index is 12.7. The van der Waals surface area contributed by atoms with E-state index in [2.05, 4.69) is 27.4 Å². The molecule has 0 bridgehead atoms. The van der Waals surface area contributed by atoms with Crippen LogP contribution in [0.4, 0.5) is 19.0 Å². The standard InChI is InChI=1S/C18H18F3N3S/c1-12-10-14-16(22-9-5-8-13-6-3-2-4-7-13)23-15(11-18(19,20)21)24-17(14)25-12/h2-4,6-7,10H,5,8-9,11H2,1H3,(H,22,23,24). The second-order valence-corrected chi connectivity index (χ2v) is 7.11. The fourth-order valence-electron chi connectivity index (χ4n) is 2.62. The molecule has 3 aromatic rings. The van der Waals surface area contributed by atoms with E-state index in [1.54, 1.807) is 0 Å². The second-order valence-electron chi connectivity index (χ2n) is 5.87. The molecule has 0 radical (unpaired) electrons. The summed E-state index contributed by atoms with van der Waals surface area (Å²) in [4.78, 5) is 9.77. The van der Waals surface area contributed by atoms with Gasteiger partial charge >= 0.3 is 6.18 Å². The molecule has 0 saturated carbocycles. The summed E-state index contributed by atoms with van der Waals surface area (Å²) in [5.74, 6) is 0.300. The van der Waals surface area contributed by atoms with Gasteiger partial charge in [0.15, 0.2) is 0 Å². The van der Waals surface area contributed by atoms with Crippen molar-refractivity contribution in [2.24, 2.45) is 0 Å². The number of thiophene rings is 1. The molecule has 2 aromatic heterocycles. The summed E-state index contributed by atoms with van der Waals surface area (Å²) < 4.78 is 38.0. The lowest BCUT2D eigenvalue weighted by Gasteiger charge is -2.10. The third kappa shape index (κ3) is 4.92. The summed E-state index contributed by atoms with van der Waals surface area (Å²) in [6.07, 6.45) is -3.66. The Kier molecular flexibility index (Phi) is 5.22. The van der Waals surface area contributed by atoms with Crippen molar-refractivity contribution < 1.29 is 13.2 Å². The molecule has 1 N–H and O–H groups in total. The molecule has 1 aromatic carbocycles. The van der Waals surface area contributed by atoms with Crippen LogP contribution in [0.25, 0.3) is 10.2 Å². The van der Waals surface area contributed by atoms with Crippen LogP contribution >= 0.6 is 11.3 Å². The highest BCUT2D eigenvalue weighted by Gasteiger charge is 2.30. The summed E-state index contributed by atoms with van der Waals surface area (Å²) in [6, 6.07) is 12.0. The largest absolute Gasteiger partial charge is 0.396 e. The first kappa shape index (κ1) is 17.7. The molecule has 0 aliphatic carbocycles. The SMILES string of the molecule is Cc1cc2c(NCCCc3ccccc3)nc(CC(F)(F)F)nc2s1. The zero-order valence-electron chi connectivity index (χ0n) is 13.7. The second kappa shape index (κ2) is 7.39. The van der Waals surface area contributed by atoms with Crippen LogP contribution in [0.1, 0.15) is 22.7 Å². The fraction of sp³-hybridized carbons (Fsp3) is 0.333. The van der Waals surface area contributed by atoms with Gasteiger partial charge in [0.25, 0.3) is 0 Å². The average Bonchev–Trinajstić information content (AvgIpc) is 2.91. The molecule has 0 aliphatic rings. The first-order valence-electron chi connectivity index (χ1n) is 8.02. The minimum atomic E-state index is -4.31. The van der Waals surface area contributed by atoms with Crippen LogP contribution in [0.15, 0.2) is 36.4 Å². The van der Waals surface area contributed by atoms with Crippen molar-refractivity contribution >= 4 is 27.4 Å². The molecular formula is C18H18F3N3S. The Labute approximate surface area is 147 Å². The van der Waals surface area contributed by atoms with Crippen molar-refractivity contribution in [1.29, 1.82) is 0 Å². The van der Waals surface area contributed by atoms with E-state index in [-0.39, 0.29) is 5.82 Å². The zero-order valence-corrected chi connectivity index (χ0v) is 14.5. The van der Waals surface area contributed by atoms with Gasteiger partial charge in [-0.15, -0.1) is 11.3 Å². The highest BCUT2D eigenvalue weighted by atomic mass is 32.1. The van der Waals surface area contributed by atoms with Crippen molar-refractivity contribution in [3.63, 3.8) is 0 Å². The third-order valence-electron chi connectivity index (χ3n) is 3.70. The lowest BCUT2D eigenvalue weighted by Crippen LogP contribution is -2.15. The number of aromatic nitrogens is 2. The van der Waals surface area contributed by atoms with E-state index >= 15 is 0 Å². The van der Waals surface area contributed by atoms with Gasteiger partial charge in [-0.1, -0.05) is 30.3 Å². The fourth-order valence-corrected chi connectivity index (χ4v) is 3.52. The van der Waals surface area contributed by atoms with E-state index in [4.69, 9.17) is 0 Å². The third-order valence-corrected chi connectivity index (χ3v) is 4.64. The van der Waals surface area contributed by atoms with Crippen LogP contribution in [0.3, 0.4) is 0 Å². The van der Waals surface area contributed by atoms with E-state index in [9.17, 15) is 13.2 Å². The molecule has 0 saturated heterocycles. The summed E-state index contributed by atoms with van der Waals surface area (Å²) in [5, 5.41) is 3.97. The quantitative estimate of drug-likeness (QED) is 0.614. The Balaban J connectivity index is 1.72. The Morgan fingerprint density at radius 1 is 1.12 bits per heavy atom. The van der Waals surface area contributed by atoms with Crippen molar-refractivity contribution in [1.82, 2.24) is 9.97 Å². The van der Waals surface area contributed by atoms with E-state index < -0.39 is 12.6 Å². The molecule has 0 unspecified atom stereocenters. The molecule has 3 rings (SSSR count). The van der Waals surface area contributed by atoms with Crippen LogP contribution in [-0.2, 0) is 12.8 Å². The first-order chi connectivity index (χ1) is 11.9. The molecule has 0 atom stereocenters. The summed E-state index contributed by atoms with van der Waals surface area (Å²) in [5.41, 5.74) is 1.24. The predicted molar refractivity (Wildman–Crippen MR) is 95.2 cm³/mol. The van der Waals surface area contributed by atoms with Crippen molar-refractivity contribution in [3.8, 4) is 0 Å². The van der Waals surface area contributed by atoms with Crippen LogP contribution in [0, 0.1) is 6.92 Å². The lowest BCUT2D eigenvalue weighted by molar-refractivity contribution is -0.128. The monoisotopic (exact) mass is 365 g/mol. The Morgan fingerprint density at radius 2 is 1.88 bits per heavy atom. The molecule has 25 heavy (non-hydrogen) atoms. The first-order valence-corrected chi connectivity index (χ1v) is 8.84. The highest BCUT2D eigenvalue weighted by molar-refractivity contribution is 7.18. The zero-order chi connectivity index (χ0) is 17.9. The van der Waals surface area contributed by atoms with Crippen molar-refractivity contribution in [3.05, 3.63) is 52.7 Å². The van der Waals surface area contributed by atoms with E-state index in [1.165, 1.54) is 16.9 Å². The Morgan fingerprint density at radius 3 is 2.60 bits per heavy atom. The average molecular weight is 365 g/mol. The summed E-state index contributed by atoms with van der Waals surface area (Å²) in [7, 11) is 0. The van der Waals surface area contributed by atoms with Crippen LogP contribution in [0.2, 0.25) is 0 Å². The molecule has 7 heteroatoms. The minimum absolute atomic E-state index is 0.188. The van der Waals surface area contributed by atoms with Gasteiger partial charge in [-0.2, -0.15) is 13.2 Å². The topological polar surface area (TPSA) is 37.8 Å². The maximum absolute atomic E-state index is 12.7. The van der Waals surface area contributed by atoms with Crippen molar-refractivity contribution in [2.75, 3.05) is 11.9 Å². The number of anilines is 1.